The molecule has 2 rings (SSSR count). The van der Waals surface area contributed by atoms with E-state index in [1.165, 1.54) is 44.9 Å². The molecule has 1 aliphatic rings. The van der Waals surface area contributed by atoms with Gasteiger partial charge in [0.2, 0.25) is 0 Å². The summed E-state index contributed by atoms with van der Waals surface area (Å²) in [7, 11) is 0. The third-order valence-corrected chi connectivity index (χ3v) is 3.31. The van der Waals surface area contributed by atoms with Crippen molar-refractivity contribution in [1.29, 1.82) is 0 Å². The molecule has 0 unspecified atom stereocenters. The molecule has 0 atom stereocenters. The third kappa shape index (κ3) is 2.52. The first-order valence-corrected chi connectivity index (χ1v) is 6.09. The zero-order valence-electron chi connectivity index (χ0n) is 9.58. The second-order valence-corrected chi connectivity index (χ2v) is 4.65. The Kier molecular flexibility index (Phi) is 3.29. The van der Waals surface area contributed by atoms with Crippen LogP contribution in [0.25, 0.3) is 0 Å². The summed E-state index contributed by atoms with van der Waals surface area (Å²) in [5.41, 5.74) is 7.00. The number of anilines is 1. The summed E-state index contributed by atoms with van der Waals surface area (Å²) in [5.74, 6) is 0.832. The highest BCUT2D eigenvalue weighted by Gasteiger charge is 2.16. The fraction of sp³-hybridized carbons (Fsp3) is 0.750. The van der Waals surface area contributed by atoms with Crippen LogP contribution in [0, 0.1) is 6.92 Å². The van der Waals surface area contributed by atoms with Crippen LogP contribution in [0.3, 0.4) is 0 Å². The fourth-order valence-electron chi connectivity index (χ4n) is 2.51. The lowest BCUT2D eigenvalue weighted by molar-refractivity contribution is 0.350. The molecule has 0 saturated heterocycles. The first-order chi connectivity index (χ1) is 7.27. The standard InChI is InChI=1S/C12H21N3/c1-10-9-12(13)15(14-10)11-7-5-3-2-4-6-8-11/h9,11H,2-8,13H2,1H3. The molecule has 0 aromatic carbocycles. The molecule has 2 N–H and O–H groups in total. The van der Waals surface area contributed by atoms with Crippen molar-refractivity contribution in [1.82, 2.24) is 9.78 Å². The van der Waals surface area contributed by atoms with E-state index in [9.17, 15) is 0 Å². The largest absolute Gasteiger partial charge is 0.384 e. The number of nitrogen functional groups attached to an aromatic ring is 1. The van der Waals surface area contributed by atoms with Crippen LogP contribution in [0.1, 0.15) is 56.7 Å². The molecule has 1 heterocycles. The van der Waals surface area contributed by atoms with Gasteiger partial charge in [0.1, 0.15) is 5.82 Å². The van der Waals surface area contributed by atoms with Gasteiger partial charge in [-0.2, -0.15) is 5.10 Å². The number of nitrogens with zero attached hydrogens (tertiary/aromatic N) is 2. The van der Waals surface area contributed by atoms with Crippen molar-refractivity contribution in [2.45, 2.75) is 57.9 Å². The molecule has 0 spiro atoms. The van der Waals surface area contributed by atoms with Gasteiger partial charge in [0.05, 0.1) is 11.7 Å². The molecule has 1 saturated carbocycles. The quantitative estimate of drug-likeness (QED) is 0.769. The normalized spacial score (nSPS) is 19.8. The number of hydrogen-bond donors (Lipinski definition) is 1. The monoisotopic (exact) mass is 207 g/mol. The summed E-state index contributed by atoms with van der Waals surface area (Å²) in [6.07, 6.45) is 9.27. The SMILES string of the molecule is Cc1cc(N)n(C2CCCCCCC2)n1. The summed E-state index contributed by atoms with van der Waals surface area (Å²) in [6.45, 7) is 2.01. The highest BCUT2D eigenvalue weighted by Crippen LogP contribution is 2.27. The molecule has 1 fully saturated rings. The van der Waals surface area contributed by atoms with Gasteiger partial charge in [0, 0.05) is 6.07 Å². The summed E-state index contributed by atoms with van der Waals surface area (Å²) >= 11 is 0. The van der Waals surface area contributed by atoms with Crippen LogP contribution >= 0.6 is 0 Å². The molecule has 84 valence electrons. The van der Waals surface area contributed by atoms with Crippen molar-refractivity contribution in [3.05, 3.63) is 11.8 Å². The zero-order valence-corrected chi connectivity index (χ0v) is 9.58. The van der Waals surface area contributed by atoms with E-state index in [1.807, 2.05) is 17.7 Å². The predicted molar refractivity (Wildman–Crippen MR) is 62.7 cm³/mol. The lowest BCUT2D eigenvalue weighted by Crippen LogP contribution is -2.14. The topological polar surface area (TPSA) is 43.8 Å². The van der Waals surface area contributed by atoms with Crippen molar-refractivity contribution in [2.75, 3.05) is 5.73 Å². The minimum Gasteiger partial charge on any atom is -0.384 e. The Labute approximate surface area is 91.7 Å². The van der Waals surface area contributed by atoms with Gasteiger partial charge in [-0.25, -0.2) is 4.68 Å². The molecule has 1 aliphatic carbocycles. The summed E-state index contributed by atoms with van der Waals surface area (Å²) in [6, 6.07) is 2.51. The Morgan fingerprint density at radius 1 is 1.20 bits per heavy atom. The average Bonchev–Trinajstić information content (AvgIpc) is 2.45. The lowest BCUT2D eigenvalue weighted by atomic mass is 9.97. The van der Waals surface area contributed by atoms with Crippen molar-refractivity contribution in [3.63, 3.8) is 0 Å². The average molecular weight is 207 g/mol. The minimum atomic E-state index is 0.541. The van der Waals surface area contributed by atoms with E-state index < -0.39 is 0 Å². The predicted octanol–water partition coefficient (Wildman–Crippen LogP) is 3.06. The van der Waals surface area contributed by atoms with E-state index in [0.29, 0.717) is 6.04 Å². The summed E-state index contributed by atoms with van der Waals surface area (Å²) < 4.78 is 2.04. The van der Waals surface area contributed by atoms with Crippen LogP contribution in [0.5, 0.6) is 0 Å². The zero-order chi connectivity index (χ0) is 10.7. The smallest absolute Gasteiger partial charge is 0.122 e. The highest BCUT2D eigenvalue weighted by atomic mass is 15.3. The van der Waals surface area contributed by atoms with Crippen LogP contribution < -0.4 is 5.73 Å². The Balaban J connectivity index is 2.09. The van der Waals surface area contributed by atoms with E-state index in [0.717, 1.165) is 11.5 Å². The van der Waals surface area contributed by atoms with Gasteiger partial charge in [-0.15, -0.1) is 0 Å². The number of nitrogens with two attached hydrogens (primary N) is 1. The number of aromatic nitrogens is 2. The molecule has 0 radical (unpaired) electrons. The molecule has 15 heavy (non-hydrogen) atoms. The van der Waals surface area contributed by atoms with Crippen molar-refractivity contribution >= 4 is 5.82 Å². The first kappa shape index (κ1) is 10.5. The van der Waals surface area contributed by atoms with E-state index in [2.05, 4.69) is 5.10 Å². The van der Waals surface area contributed by atoms with Gasteiger partial charge < -0.3 is 5.73 Å². The molecule has 3 heteroatoms. The highest BCUT2D eigenvalue weighted by molar-refractivity contribution is 5.30. The molecule has 0 bridgehead atoms. The third-order valence-electron chi connectivity index (χ3n) is 3.31. The van der Waals surface area contributed by atoms with Gasteiger partial charge >= 0.3 is 0 Å². The molecular formula is C12H21N3. The molecule has 1 aromatic heterocycles. The number of hydrogen-bond acceptors (Lipinski definition) is 2. The molecule has 0 amide bonds. The number of aryl methyl sites for hydroxylation is 1. The molecular weight excluding hydrogens is 186 g/mol. The summed E-state index contributed by atoms with van der Waals surface area (Å²) in [4.78, 5) is 0. The Hall–Kier alpha value is -0.990. The van der Waals surface area contributed by atoms with Crippen LogP contribution in [-0.4, -0.2) is 9.78 Å². The van der Waals surface area contributed by atoms with Crippen LogP contribution in [0.2, 0.25) is 0 Å². The molecule has 0 aliphatic heterocycles. The summed E-state index contributed by atoms with van der Waals surface area (Å²) in [5, 5.41) is 4.50. The van der Waals surface area contributed by atoms with Crippen LogP contribution in [0.4, 0.5) is 5.82 Å². The maximum Gasteiger partial charge on any atom is 0.122 e. The Morgan fingerprint density at radius 3 is 2.33 bits per heavy atom. The lowest BCUT2D eigenvalue weighted by Gasteiger charge is -2.21. The van der Waals surface area contributed by atoms with E-state index in [-0.39, 0.29) is 0 Å². The van der Waals surface area contributed by atoms with Gasteiger partial charge in [-0.05, 0) is 19.8 Å². The molecule has 1 aromatic rings. The van der Waals surface area contributed by atoms with Gasteiger partial charge in [0.25, 0.3) is 0 Å². The maximum atomic E-state index is 5.96. The minimum absolute atomic E-state index is 0.541. The van der Waals surface area contributed by atoms with Crippen LogP contribution in [0.15, 0.2) is 6.07 Å². The van der Waals surface area contributed by atoms with Gasteiger partial charge in [0.15, 0.2) is 0 Å². The first-order valence-electron chi connectivity index (χ1n) is 6.09. The van der Waals surface area contributed by atoms with E-state index in [1.54, 1.807) is 0 Å². The second kappa shape index (κ2) is 4.69. The Bertz CT molecular complexity index is 309. The maximum absolute atomic E-state index is 5.96. The van der Waals surface area contributed by atoms with Crippen molar-refractivity contribution < 1.29 is 0 Å². The fourth-order valence-corrected chi connectivity index (χ4v) is 2.51. The number of rotatable bonds is 1. The van der Waals surface area contributed by atoms with Crippen molar-refractivity contribution in [3.8, 4) is 0 Å². The Morgan fingerprint density at radius 2 is 1.80 bits per heavy atom. The van der Waals surface area contributed by atoms with E-state index in [4.69, 9.17) is 5.73 Å². The van der Waals surface area contributed by atoms with Gasteiger partial charge in [-0.3, -0.25) is 0 Å². The van der Waals surface area contributed by atoms with Crippen LogP contribution in [-0.2, 0) is 0 Å². The second-order valence-electron chi connectivity index (χ2n) is 4.65. The molecule has 3 nitrogen and oxygen atoms in total. The van der Waals surface area contributed by atoms with Crippen molar-refractivity contribution in [2.24, 2.45) is 0 Å². The van der Waals surface area contributed by atoms with E-state index >= 15 is 0 Å². The van der Waals surface area contributed by atoms with Gasteiger partial charge in [-0.1, -0.05) is 32.1 Å².